The molecule has 0 saturated carbocycles. The van der Waals surface area contributed by atoms with Crippen molar-refractivity contribution in [1.82, 2.24) is 4.90 Å². The van der Waals surface area contributed by atoms with Gasteiger partial charge in [0.25, 0.3) is 0 Å². The average molecular weight is 227 g/mol. The lowest BCUT2D eigenvalue weighted by Gasteiger charge is -2.13. The van der Waals surface area contributed by atoms with Crippen LogP contribution in [0.1, 0.15) is 22.3 Å². The van der Waals surface area contributed by atoms with Gasteiger partial charge in [-0.25, -0.2) is 0 Å². The first-order chi connectivity index (χ1) is 8.17. The molecule has 17 heavy (non-hydrogen) atoms. The Morgan fingerprint density at radius 3 is 2.47 bits per heavy atom. The number of rotatable bonds is 5. The van der Waals surface area contributed by atoms with Gasteiger partial charge in [-0.15, -0.1) is 0 Å². The number of nitrogens with zero attached hydrogens (tertiary/aromatic N) is 3. The van der Waals surface area contributed by atoms with E-state index in [9.17, 15) is 4.79 Å². The van der Waals surface area contributed by atoms with Crippen molar-refractivity contribution in [3.8, 4) is 12.1 Å². The standard InChI is InChI=1S/C13H13N3O/c1-16(8-2-7-14)10-13(17)12-5-3-11(9-15)4-6-12/h3-6H,2,8,10H2,1H3. The van der Waals surface area contributed by atoms with Crippen LogP contribution < -0.4 is 0 Å². The minimum atomic E-state index is -0.00469. The molecule has 4 heteroatoms. The molecule has 0 radical (unpaired) electrons. The quantitative estimate of drug-likeness (QED) is 0.716. The number of benzene rings is 1. The fraction of sp³-hybridized carbons (Fsp3) is 0.308. The second-order valence-electron chi connectivity index (χ2n) is 3.76. The smallest absolute Gasteiger partial charge is 0.176 e. The van der Waals surface area contributed by atoms with E-state index in [1.54, 1.807) is 31.3 Å². The van der Waals surface area contributed by atoms with Crippen molar-refractivity contribution in [3.05, 3.63) is 35.4 Å². The molecule has 1 rings (SSSR count). The molecule has 0 saturated heterocycles. The third-order valence-electron chi connectivity index (χ3n) is 2.35. The lowest BCUT2D eigenvalue weighted by molar-refractivity contribution is 0.0947. The molecule has 0 atom stereocenters. The molecule has 1 aromatic carbocycles. The Kier molecular flexibility index (Phi) is 4.87. The predicted octanol–water partition coefficient (Wildman–Crippen LogP) is 1.59. The van der Waals surface area contributed by atoms with E-state index >= 15 is 0 Å². The number of ketones is 1. The summed E-state index contributed by atoms with van der Waals surface area (Å²) in [4.78, 5) is 13.6. The summed E-state index contributed by atoms with van der Waals surface area (Å²) in [6.07, 6.45) is 0.414. The minimum absolute atomic E-state index is 0.00469. The van der Waals surface area contributed by atoms with Crippen molar-refractivity contribution in [2.24, 2.45) is 0 Å². The average Bonchev–Trinajstić information content (AvgIpc) is 2.36. The maximum absolute atomic E-state index is 11.8. The molecule has 0 bridgehead atoms. The summed E-state index contributed by atoms with van der Waals surface area (Å²) >= 11 is 0. The maximum atomic E-state index is 11.8. The van der Waals surface area contributed by atoms with E-state index in [2.05, 4.69) is 0 Å². The largest absolute Gasteiger partial charge is 0.298 e. The molecule has 0 aliphatic heterocycles. The van der Waals surface area contributed by atoms with Crippen LogP contribution in [0.4, 0.5) is 0 Å². The van der Waals surface area contributed by atoms with Gasteiger partial charge in [-0.3, -0.25) is 9.69 Å². The predicted molar refractivity (Wildman–Crippen MR) is 63.2 cm³/mol. The van der Waals surface area contributed by atoms with E-state index in [4.69, 9.17) is 10.5 Å². The number of hydrogen-bond donors (Lipinski definition) is 0. The second kappa shape index (κ2) is 6.42. The molecule has 0 unspecified atom stereocenters. The molecule has 0 aliphatic carbocycles. The number of Topliss-reactive ketones (excluding diaryl/α,β-unsaturated/α-hetero) is 1. The van der Waals surface area contributed by atoms with Gasteiger partial charge in [0.05, 0.1) is 24.2 Å². The van der Waals surface area contributed by atoms with Crippen LogP contribution in [0.15, 0.2) is 24.3 Å². The Labute approximate surface area is 101 Å². The normalized spacial score (nSPS) is 9.65. The lowest BCUT2D eigenvalue weighted by atomic mass is 10.1. The van der Waals surface area contributed by atoms with Gasteiger partial charge in [0.2, 0.25) is 0 Å². The zero-order chi connectivity index (χ0) is 12.7. The van der Waals surface area contributed by atoms with Gasteiger partial charge in [-0.2, -0.15) is 10.5 Å². The van der Waals surface area contributed by atoms with Gasteiger partial charge in [0, 0.05) is 18.5 Å². The molecule has 0 amide bonds. The fourth-order valence-electron chi connectivity index (χ4n) is 1.39. The van der Waals surface area contributed by atoms with Crippen molar-refractivity contribution in [2.45, 2.75) is 6.42 Å². The van der Waals surface area contributed by atoms with Crippen molar-refractivity contribution >= 4 is 5.78 Å². The van der Waals surface area contributed by atoms with Crippen LogP contribution in [-0.4, -0.2) is 30.8 Å². The zero-order valence-corrected chi connectivity index (χ0v) is 9.68. The van der Waals surface area contributed by atoms with E-state index in [1.807, 2.05) is 17.0 Å². The van der Waals surface area contributed by atoms with Crippen LogP contribution in [-0.2, 0) is 0 Å². The van der Waals surface area contributed by atoms with Gasteiger partial charge in [-0.05, 0) is 19.2 Å². The van der Waals surface area contributed by atoms with Crippen molar-refractivity contribution in [3.63, 3.8) is 0 Å². The van der Waals surface area contributed by atoms with Gasteiger partial charge in [-0.1, -0.05) is 12.1 Å². The van der Waals surface area contributed by atoms with E-state index in [-0.39, 0.29) is 12.3 Å². The second-order valence-corrected chi connectivity index (χ2v) is 3.76. The summed E-state index contributed by atoms with van der Waals surface area (Å²) in [6, 6.07) is 10.6. The Bertz CT molecular complexity index is 465. The topological polar surface area (TPSA) is 67.9 Å². The number of hydrogen-bond acceptors (Lipinski definition) is 4. The van der Waals surface area contributed by atoms with Gasteiger partial charge in [0.1, 0.15) is 0 Å². The molecule has 86 valence electrons. The zero-order valence-electron chi connectivity index (χ0n) is 9.68. The first-order valence-electron chi connectivity index (χ1n) is 5.26. The Hall–Kier alpha value is -2.17. The Morgan fingerprint density at radius 2 is 1.94 bits per heavy atom. The van der Waals surface area contributed by atoms with Gasteiger partial charge >= 0.3 is 0 Å². The Morgan fingerprint density at radius 1 is 1.29 bits per heavy atom. The maximum Gasteiger partial charge on any atom is 0.176 e. The van der Waals surface area contributed by atoms with Crippen LogP contribution in [0.2, 0.25) is 0 Å². The lowest BCUT2D eigenvalue weighted by Crippen LogP contribution is -2.26. The number of carbonyl (C=O) groups excluding carboxylic acids is 1. The summed E-state index contributed by atoms with van der Waals surface area (Å²) in [5, 5.41) is 17.1. The molecule has 0 fully saturated rings. The molecule has 0 aliphatic rings. The SMILES string of the molecule is CN(CCC#N)CC(=O)c1ccc(C#N)cc1. The number of likely N-dealkylation sites (N-methyl/N-ethyl adjacent to an activating group) is 1. The molecular weight excluding hydrogens is 214 g/mol. The molecule has 0 spiro atoms. The third-order valence-corrected chi connectivity index (χ3v) is 2.35. The number of carbonyl (C=O) groups is 1. The van der Waals surface area contributed by atoms with Gasteiger partial charge in [0.15, 0.2) is 5.78 Å². The van der Waals surface area contributed by atoms with Crippen molar-refractivity contribution < 1.29 is 4.79 Å². The number of nitriles is 2. The highest BCUT2D eigenvalue weighted by Crippen LogP contribution is 2.05. The van der Waals surface area contributed by atoms with Crippen LogP contribution >= 0.6 is 0 Å². The highest BCUT2D eigenvalue weighted by atomic mass is 16.1. The van der Waals surface area contributed by atoms with E-state index < -0.39 is 0 Å². The molecular formula is C13H13N3O. The highest BCUT2D eigenvalue weighted by Gasteiger charge is 2.08. The summed E-state index contributed by atoms with van der Waals surface area (Å²) < 4.78 is 0. The van der Waals surface area contributed by atoms with E-state index in [1.165, 1.54) is 0 Å². The molecule has 0 aromatic heterocycles. The van der Waals surface area contributed by atoms with Crippen LogP contribution in [0.5, 0.6) is 0 Å². The molecule has 0 N–H and O–H groups in total. The van der Waals surface area contributed by atoms with E-state index in [0.717, 1.165) is 0 Å². The minimum Gasteiger partial charge on any atom is -0.298 e. The first kappa shape index (κ1) is 12.9. The summed E-state index contributed by atoms with van der Waals surface area (Å²) in [6.45, 7) is 0.867. The monoisotopic (exact) mass is 227 g/mol. The fourth-order valence-corrected chi connectivity index (χ4v) is 1.39. The van der Waals surface area contributed by atoms with Crippen molar-refractivity contribution in [1.29, 1.82) is 10.5 Å². The third kappa shape index (κ3) is 4.06. The van der Waals surface area contributed by atoms with E-state index in [0.29, 0.717) is 24.1 Å². The van der Waals surface area contributed by atoms with Crippen LogP contribution in [0.25, 0.3) is 0 Å². The summed E-state index contributed by atoms with van der Waals surface area (Å²) in [5.41, 5.74) is 1.13. The summed E-state index contributed by atoms with van der Waals surface area (Å²) in [7, 11) is 1.80. The first-order valence-corrected chi connectivity index (χ1v) is 5.26. The van der Waals surface area contributed by atoms with Crippen LogP contribution in [0, 0.1) is 22.7 Å². The van der Waals surface area contributed by atoms with Crippen molar-refractivity contribution in [2.75, 3.05) is 20.1 Å². The Balaban J connectivity index is 2.58. The van der Waals surface area contributed by atoms with Crippen LogP contribution in [0.3, 0.4) is 0 Å². The highest BCUT2D eigenvalue weighted by molar-refractivity contribution is 5.97. The molecule has 1 aromatic rings. The molecule has 4 nitrogen and oxygen atoms in total. The molecule has 0 heterocycles. The summed E-state index contributed by atoms with van der Waals surface area (Å²) in [5.74, 6) is -0.00469. The van der Waals surface area contributed by atoms with Gasteiger partial charge < -0.3 is 0 Å².